The Morgan fingerprint density at radius 3 is 2.53 bits per heavy atom. The third kappa shape index (κ3) is 4.53. The molecule has 2 aromatic carbocycles. The van der Waals surface area contributed by atoms with Gasteiger partial charge in [-0.15, -0.1) is 10.2 Å². The van der Waals surface area contributed by atoms with Crippen LogP contribution < -0.4 is 10.2 Å². The van der Waals surface area contributed by atoms with Crippen molar-refractivity contribution in [3.63, 3.8) is 0 Å². The average molecular weight is 499 g/mol. The highest BCUT2D eigenvalue weighted by atomic mass is 32.2. The van der Waals surface area contributed by atoms with Crippen LogP contribution in [0.2, 0.25) is 0 Å². The fraction of sp³-hybridized carbons (Fsp3) is 0.259. The van der Waals surface area contributed by atoms with Crippen molar-refractivity contribution in [2.45, 2.75) is 37.6 Å². The van der Waals surface area contributed by atoms with Gasteiger partial charge in [0, 0.05) is 30.4 Å². The molecule has 0 unspecified atom stereocenters. The summed E-state index contributed by atoms with van der Waals surface area (Å²) < 4.78 is 7.91. The lowest BCUT2D eigenvalue weighted by molar-refractivity contribution is -0.115. The van der Waals surface area contributed by atoms with Crippen LogP contribution in [0.5, 0.6) is 0 Å². The average Bonchev–Trinajstić information content (AvgIpc) is 3.31. The molecule has 0 bridgehead atoms. The molecular formula is C27H26N6O2S. The largest absolute Gasteiger partial charge is 0.370 e. The Kier molecular flexibility index (Phi) is 6.39. The van der Waals surface area contributed by atoms with Crippen LogP contribution in [0.3, 0.4) is 0 Å². The number of fused-ring (bicyclic) bond motifs is 3. The highest BCUT2D eigenvalue weighted by Crippen LogP contribution is 2.38. The summed E-state index contributed by atoms with van der Waals surface area (Å²) in [6.07, 6.45) is 0.584. The molecule has 9 heteroatoms. The molecule has 1 amide bonds. The Balaban J connectivity index is 1.56. The standard InChI is InChI=1S/C27H26N6O2S/c1-27(2)14-20-21(15-28)24(29-18-10-6-4-7-11-18)33-25(22(20)16-35-27)30-31-26(33)36-17-23(34)32(3)19-12-8-5-9-13-19/h4-13,29H,14,16-17H2,1-3H3. The monoisotopic (exact) mass is 498 g/mol. The fourth-order valence-corrected chi connectivity index (χ4v) is 5.16. The first-order valence-electron chi connectivity index (χ1n) is 11.6. The molecule has 5 rings (SSSR count). The minimum absolute atomic E-state index is 0.0657. The SMILES string of the molecule is CN(C(=O)CSc1nnc2c3c(c(C#N)c(Nc4ccccc4)n12)CC(C)(C)OC3)c1ccccc1. The van der Waals surface area contributed by atoms with Crippen LogP contribution in [0.25, 0.3) is 5.65 Å². The predicted octanol–water partition coefficient (Wildman–Crippen LogP) is 4.95. The van der Waals surface area contributed by atoms with Crippen LogP contribution in [0.15, 0.2) is 65.8 Å². The van der Waals surface area contributed by atoms with Crippen LogP contribution in [-0.4, -0.2) is 38.9 Å². The van der Waals surface area contributed by atoms with Gasteiger partial charge in [-0.2, -0.15) is 5.26 Å². The van der Waals surface area contributed by atoms with Crippen molar-refractivity contribution in [3.05, 3.63) is 77.4 Å². The Morgan fingerprint density at radius 2 is 1.83 bits per heavy atom. The molecular weight excluding hydrogens is 472 g/mol. The van der Waals surface area contributed by atoms with Crippen LogP contribution in [0.4, 0.5) is 17.2 Å². The number of thioether (sulfide) groups is 1. The number of ether oxygens (including phenoxy) is 1. The fourth-order valence-electron chi connectivity index (χ4n) is 4.31. The highest BCUT2D eigenvalue weighted by molar-refractivity contribution is 7.99. The topological polar surface area (TPSA) is 95.5 Å². The molecule has 0 saturated carbocycles. The first-order valence-corrected chi connectivity index (χ1v) is 12.6. The second-order valence-corrected chi connectivity index (χ2v) is 10.2. The number of carbonyl (C=O) groups excluding carboxylic acids is 1. The normalized spacial score (nSPS) is 14.2. The van der Waals surface area contributed by atoms with Gasteiger partial charge in [0.1, 0.15) is 11.9 Å². The first-order chi connectivity index (χ1) is 17.4. The maximum atomic E-state index is 12.9. The summed E-state index contributed by atoms with van der Waals surface area (Å²) in [7, 11) is 1.76. The quantitative estimate of drug-likeness (QED) is 0.376. The van der Waals surface area contributed by atoms with Gasteiger partial charge in [0.05, 0.1) is 23.5 Å². The van der Waals surface area contributed by atoms with E-state index in [9.17, 15) is 10.1 Å². The number of nitrogens with zero attached hydrogens (tertiary/aromatic N) is 5. The van der Waals surface area contributed by atoms with Crippen molar-refractivity contribution in [2.24, 2.45) is 0 Å². The summed E-state index contributed by atoms with van der Waals surface area (Å²) in [4.78, 5) is 14.6. The number of carbonyl (C=O) groups is 1. The molecule has 0 saturated heterocycles. The number of hydrogen-bond acceptors (Lipinski definition) is 7. The minimum atomic E-state index is -0.396. The van der Waals surface area contributed by atoms with E-state index in [0.29, 0.717) is 35.2 Å². The lowest BCUT2D eigenvalue weighted by Crippen LogP contribution is -2.33. The molecule has 2 aromatic heterocycles. The summed E-state index contributed by atoms with van der Waals surface area (Å²) in [5, 5.41) is 23.1. The molecule has 1 aliphatic rings. The van der Waals surface area contributed by atoms with E-state index in [1.54, 1.807) is 11.9 Å². The van der Waals surface area contributed by atoms with E-state index in [-0.39, 0.29) is 11.7 Å². The summed E-state index contributed by atoms with van der Waals surface area (Å²) in [5.74, 6) is 0.690. The lowest BCUT2D eigenvalue weighted by atomic mass is 9.89. The number of pyridine rings is 1. The Morgan fingerprint density at radius 1 is 1.14 bits per heavy atom. The van der Waals surface area contributed by atoms with Crippen LogP contribution >= 0.6 is 11.8 Å². The Labute approximate surface area is 213 Å². The van der Waals surface area contributed by atoms with E-state index in [4.69, 9.17) is 4.74 Å². The molecule has 0 atom stereocenters. The summed E-state index contributed by atoms with van der Waals surface area (Å²) in [6.45, 7) is 4.38. The number of para-hydroxylation sites is 2. The molecule has 0 spiro atoms. The molecule has 1 N–H and O–H groups in total. The van der Waals surface area contributed by atoms with Gasteiger partial charge in [-0.05, 0) is 43.7 Å². The first kappa shape index (κ1) is 23.9. The second-order valence-electron chi connectivity index (χ2n) is 9.23. The van der Waals surface area contributed by atoms with Gasteiger partial charge in [0.2, 0.25) is 5.91 Å². The van der Waals surface area contributed by atoms with Crippen LogP contribution in [0, 0.1) is 11.3 Å². The van der Waals surface area contributed by atoms with Crippen molar-refractivity contribution in [1.29, 1.82) is 5.26 Å². The van der Waals surface area contributed by atoms with E-state index in [1.165, 1.54) is 11.8 Å². The number of benzene rings is 2. The smallest absolute Gasteiger partial charge is 0.237 e. The lowest BCUT2D eigenvalue weighted by Gasteiger charge is -2.33. The van der Waals surface area contributed by atoms with E-state index >= 15 is 0 Å². The number of rotatable bonds is 6. The molecule has 3 heterocycles. The number of nitrogens with one attached hydrogen (secondary N) is 1. The third-order valence-corrected chi connectivity index (χ3v) is 7.14. The van der Waals surface area contributed by atoms with Gasteiger partial charge in [0.25, 0.3) is 0 Å². The maximum Gasteiger partial charge on any atom is 0.237 e. The van der Waals surface area contributed by atoms with E-state index in [2.05, 4.69) is 21.6 Å². The summed E-state index contributed by atoms with van der Waals surface area (Å²) in [5.41, 5.74) is 4.20. The van der Waals surface area contributed by atoms with Crippen molar-refractivity contribution in [1.82, 2.24) is 14.6 Å². The summed E-state index contributed by atoms with van der Waals surface area (Å²) >= 11 is 1.29. The number of nitriles is 1. The number of hydrogen-bond donors (Lipinski definition) is 1. The van der Waals surface area contributed by atoms with Crippen molar-refractivity contribution in [2.75, 3.05) is 23.0 Å². The van der Waals surface area contributed by atoms with E-state index < -0.39 is 5.60 Å². The third-order valence-electron chi connectivity index (χ3n) is 6.23. The molecule has 0 aliphatic carbocycles. The Bertz CT molecular complexity index is 1460. The van der Waals surface area contributed by atoms with Gasteiger partial charge in [-0.3, -0.25) is 9.20 Å². The van der Waals surface area contributed by atoms with Crippen LogP contribution in [-0.2, 0) is 22.6 Å². The van der Waals surface area contributed by atoms with E-state index in [1.807, 2.05) is 78.9 Å². The molecule has 1 aliphatic heterocycles. The van der Waals surface area contributed by atoms with Crippen molar-refractivity contribution in [3.8, 4) is 6.07 Å². The van der Waals surface area contributed by atoms with Crippen LogP contribution in [0.1, 0.15) is 30.5 Å². The minimum Gasteiger partial charge on any atom is -0.370 e. The molecule has 4 aromatic rings. The van der Waals surface area contributed by atoms with Gasteiger partial charge >= 0.3 is 0 Å². The van der Waals surface area contributed by atoms with Crippen molar-refractivity contribution >= 4 is 40.5 Å². The molecule has 8 nitrogen and oxygen atoms in total. The number of amides is 1. The van der Waals surface area contributed by atoms with Gasteiger partial charge in [-0.1, -0.05) is 48.2 Å². The van der Waals surface area contributed by atoms with Gasteiger partial charge in [0.15, 0.2) is 10.8 Å². The molecule has 182 valence electrons. The van der Waals surface area contributed by atoms with Crippen molar-refractivity contribution < 1.29 is 9.53 Å². The van der Waals surface area contributed by atoms with E-state index in [0.717, 1.165) is 22.5 Å². The van der Waals surface area contributed by atoms with Gasteiger partial charge in [-0.25, -0.2) is 0 Å². The zero-order valence-electron chi connectivity index (χ0n) is 20.4. The maximum absolute atomic E-state index is 12.9. The number of anilines is 3. The second kappa shape index (κ2) is 9.64. The summed E-state index contributed by atoms with van der Waals surface area (Å²) in [6, 6.07) is 21.6. The predicted molar refractivity (Wildman–Crippen MR) is 141 cm³/mol. The highest BCUT2D eigenvalue weighted by Gasteiger charge is 2.33. The van der Waals surface area contributed by atoms with Gasteiger partial charge < -0.3 is 15.0 Å². The Hall–Kier alpha value is -3.87. The zero-order valence-corrected chi connectivity index (χ0v) is 21.2. The number of aromatic nitrogens is 3. The zero-order chi connectivity index (χ0) is 25.3. The molecule has 0 radical (unpaired) electrons. The molecule has 36 heavy (non-hydrogen) atoms. The molecule has 0 fully saturated rings.